The molecule has 0 bridgehead atoms. The lowest BCUT2D eigenvalue weighted by atomic mass is 9.86. The summed E-state index contributed by atoms with van der Waals surface area (Å²) in [7, 11) is 0. The normalized spacial score (nSPS) is 12.3. The zero-order chi connectivity index (χ0) is 17.3. The van der Waals surface area contributed by atoms with Gasteiger partial charge in [-0.15, -0.1) is 0 Å². The second kappa shape index (κ2) is 5.82. The average Bonchev–Trinajstić information content (AvgIpc) is 3.16. The third kappa shape index (κ3) is 2.86. The quantitative estimate of drug-likeness (QED) is 0.575. The van der Waals surface area contributed by atoms with Gasteiger partial charge in [0.2, 0.25) is 0 Å². The largest absolute Gasteiger partial charge is 0.454 e. The van der Waals surface area contributed by atoms with Crippen molar-refractivity contribution >= 4 is 22.8 Å². The SMILES string of the molecule is CC(C)(C)C(=O)C(C#N)=Cc1cn[nH]c1-c1cc2ccccc2o1. The van der Waals surface area contributed by atoms with E-state index in [1.807, 2.05) is 36.4 Å². The van der Waals surface area contributed by atoms with Crippen LogP contribution in [-0.2, 0) is 4.79 Å². The van der Waals surface area contributed by atoms with Gasteiger partial charge in [0.15, 0.2) is 11.5 Å². The lowest BCUT2D eigenvalue weighted by Gasteiger charge is -2.15. The number of hydrogen-bond acceptors (Lipinski definition) is 4. The summed E-state index contributed by atoms with van der Waals surface area (Å²) in [6.07, 6.45) is 3.13. The van der Waals surface area contributed by atoms with Crippen LogP contribution in [0.5, 0.6) is 0 Å². The maximum absolute atomic E-state index is 12.4. The number of benzene rings is 1. The third-order valence-electron chi connectivity index (χ3n) is 3.69. The molecule has 0 aliphatic heterocycles. The number of ketones is 1. The summed E-state index contributed by atoms with van der Waals surface area (Å²) in [5, 5.41) is 17.2. The molecule has 0 unspecified atom stereocenters. The molecule has 0 spiro atoms. The lowest BCUT2D eigenvalue weighted by Crippen LogP contribution is -2.21. The molecule has 0 atom stereocenters. The number of hydrogen-bond donors (Lipinski definition) is 1. The number of allylic oxidation sites excluding steroid dienone is 1. The van der Waals surface area contributed by atoms with Crippen molar-refractivity contribution in [3.05, 3.63) is 47.7 Å². The highest BCUT2D eigenvalue weighted by molar-refractivity contribution is 6.06. The molecule has 0 radical (unpaired) electrons. The van der Waals surface area contributed by atoms with Gasteiger partial charge in [0.25, 0.3) is 0 Å². The number of aromatic amines is 1. The van der Waals surface area contributed by atoms with Gasteiger partial charge in [-0.3, -0.25) is 9.89 Å². The fraction of sp³-hybridized carbons (Fsp3) is 0.211. The maximum atomic E-state index is 12.4. The summed E-state index contributed by atoms with van der Waals surface area (Å²) >= 11 is 0. The molecule has 0 fully saturated rings. The van der Waals surface area contributed by atoms with Crippen molar-refractivity contribution in [3.8, 4) is 17.5 Å². The first-order valence-corrected chi connectivity index (χ1v) is 7.59. The average molecular weight is 319 g/mol. The number of aromatic nitrogens is 2. The van der Waals surface area contributed by atoms with E-state index in [1.54, 1.807) is 33.0 Å². The van der Waals surface area contributed by atoms with Gasteiger partial charge in [0, 0.05) is 16.4 Å². The van der Waals surface area contributed by atoms with Gasteiger partial charge in [0.1, 0.15) is 17.3 Å². The standard InChI is InChI=1S/C19H17N3O2/c1-19(2,3)18(23)13(10-20)8-14-11-21-22-17(14)16-9-12-6-4-5-7-15(12)24-16/h4-9,11H,1-3H3,(H,21,22). The van der Waals surface area contributed by atoms with Crippen molar-refractivity contribution in [3.63, 3.8) is 0 Å². The number of H-pyrrole nitrogens is 1. The molecular weight excluding hydrogens is 302 g/mol. The summed E-state index contributed by atoms with van der Waals surface area (Å²) in [4.78, 5) is 12.4. The predicted octanol–water partition coefficient (Wildman–Crippen LogP) is 4.35. The monoisotopic (exact) mass is 319 g/mol. The first-order chi connectivity index (χ1) is 11.4. The maximum Gasteiger partial charge on any atom is 0.178 e. The molecule has 0 aliphatic rings. The Kier molecular flexibility index (Phi) is 3.82. The van der Waals surface area contributed by atoms with Crippen LogP contribution in [0.15, 0.2) is 46.5 Å². The van der Waals surface area contributed by atoms with Crippen LogP contribution < -0.4 is 0 Å². The van der Waals surface area contributed by atoms with Gasteiger partial charge in [-0.2, -0.15) is 10.4 Å². The third-order valence-corrected chi connectivity index (χ3v) is 3.69. The van der Waals surface area contributed by atoms with E-state index < -0.39 is 5.41 Å². The Hall–Kier alpha value is -3.13. The molecule has 1 N–H and O–H groups in total. The highest BCUT2D eigenvalue weighted by atomic mass is 16.3. The minimum Gasteiger partial charge on any atom is -0.454 e. The first kappa shape index (κ1) is 15.8. The van der Waals surface area contributed by atoms with Crippen molar-refractivity contribution < 1.29 is 9.21 Å². The molecule has 24 heavy (non-hydrogen) atoms. The number of rotatable bonds is 3. The number of fused-ring (bicyclic) bond motifs is 1. The summed E-state index contributed by atoms with van der Waals surface area (Å²) in [6.45, 7) is 5.36. The minimum atomic E-state index is -0.620. The Morgan fingerprint density at radius 2 is 2.08 bits per heavy atom. The molecular formula is C19H17N3O2. The molecule has 0 saturated carbocycles. The Morgan fingerprint density at radius 3 is 2.75 bits per heavy atom. The Morgan fingerprint density at radius 1 is 1.33 bits per heavy atom. The number of carbonyl (C=O) groups is 1. The number of nitrogens with zero attached hydrogens (tertiary/aromatic N) is 2. The van der Waals surface area contributed by atoms with Crippen LogP contribution in [0.3, 0.4) is 0 Å². The van der Waals surface area contributed by atoms with Crippen LogP contribution in [0.1, 0.15) is 26.3 Å². The van der Waals surface area contributed by atoms with Crippen LogP contribution in [0.2, 0.25) is 0 Å². The molecule has 0 aliphatic carbocycles. The number of furan rings is 1. The summed E-state index contributed by atoms with van der Waals surface area (Å²) in [5.41, 5.74) is 1.53. The topological polar surface area (TPSA) is 82.7 Å². The summed E-state index contributed by atoms with van der Waals surface area (Å²) < 4.78 is 5.83. The Labute approximate surface area is 139 Å². The molecule has 0 saturated heterocycles. The van der Waals surface area contributed by atoms with E-state index in [1.165, 1.54) is 0 Å². The van der Waals surface area contributed by atoms with E-state index in [0.29, 0.717) is 17.0 Å². The van der Waals surface area contributed by atoms with Crippen molar-refractivity contribution in [2.24, 2.45) is 5.41 Å². The van der Waals surface area contributed by atoms with E-state index >= 15 is 0 Å². The van der Waals surface area contributed by atoms with Gasteiger partial charge in [-0.25, -0.2) is 0 Å². The fourth-order valence-corrected chi connectivity index (χ4v) is 2.42. The Bertz CT molecular complexity index is 945. The summed E-state index contributed by atoms with van der Waals surface area (Å²) in [6, 6.07) is 11.6. The molecule has 3 rings (SSSR count). The van der Waals surface area contributed by atoms with Crippen molar-refractivity contribution in [2.75, 3.05) is 0 Å². The van der Waals surface area contributed by atoms with Crippen LogP contribution in [0, 0.1) is 16.7 Å². The lowest BCUT2D eigenvalue weighted by molar-refractivity contribution is -0.121. The van der Waals surface area contributed by atoms with E-state index in [2.05, 4.69) is 10.2 Å². The number of carbonyl (C=O) groups excluding carboxylic acids is 1. The molecule has 2 aromatic heterocycles. The van der Waals surface area contributed by atoms with Crippen LogP contribution >= 0.6 is 0 Å². The van der Waals surface area contributed by atoms with Crippen molar-refractivity contribution in [2.45, 2.75) is 20.8 Å². The molecule has 0 amide bonds. The van der Waals surface area contributed by atoms with Gasteiger partial charge in [-0.1, -0.05) is 39.0 Å². The van der Waals surface area contributed by atoms with Crippen molar-refractivity contribution in [1.82, 2.24) is 10.2 Å². The minimum absolute atomic E-state index is 0.0984. The molecule has 5 nitrogen and oxygen atoms in total. The van der Waals surface area contributed by atoms with Gasteiger partial charge >= 0.3 is 0 Å². The number of nitrogens with one attached hydrogen (secondary N) is 1. The zero-order valence-electron chi connectivity index (χ0n) is 13.8. The van der Waals surface area contributed by atoms with Gasteiger partial charge < -0.3 is 4.42 Å². The van der Waals surface area contributed by atoms with Crippen LogP contribution in [0.25, 0.3) is 28.5 Å². The molecule has 2 heterocycles. The number of Topliss-reactive ketones (excluding diaryl/α,β-unsaturated/α-hetero) is 1. The summed E-state index contributed by atoms with van der Waals surface area (Å²) in [5.74, 6) is 0.405. The van der Waals surface area contributed by atoms with Crippen LogP contribution in [-0.4, -0.2) is 16.0 Å². The second-order valence-corrected chi connectivity index (χ2v) is 6.60. The van der Waals surface area contributed by atoms with Crippen LogP contribution in [0.4, 0.5) is 0 Å². The van der Waals surface area contributed by atoms with Crippen molar-refractivity contribution in [1.29, 1.82) is 5.26 Å². The van der Waals surface area contributed by atoms with E-state index in [9.17, 15) is 10.1 Å². The highest BCUT2D eigenvalue weighted by Crippen LogP contribution is 2.30. The zero-order valence-corrected chi connectivity index (χ0v) is 13.8. The van der Waals surface area contributed by atoms with E-state index in [0.717, 1.165) is 11.0 Å². The predicted molar refractivity (Wildman–Crippen MR) is 91.8 cm³/mol. The molecule has 1 aromatic carbocycles. The fourth-order valence-electron chi connectivity index (χ4n) is 2.42. The second-order valence-electron chi connectivity index (χ2n) is 6.60. The van der Waals surface area contributed by atoms with E-state index in [4.69, 9.17) is 4.42 Å². The van der Waals surface area contributed by atoms with Gasteiger partial charge in [-0.05, 0) is 18.2 Å². The molecule has 120 valence electrons. The molecule has 5 heteroatoms. The molecule has 3 aromatic rings. The highest BCUT2D eigenvalue weighted by Gasteiger charge is 2.25. The smallest absolute Gasteiger partial charge is 0.178 e. The van der Waals surface area contributed by atoms with Gasteiger partial charge in [0.05, 0.1) is 11.8 Å². The first-order valence-electron chi connectivity index (χ1n) is 7.59. The number of para-hydroxylation sites is 1. The Balaban J connectivity index is 2.06. The number of nitriles is 1. The van der Waals surface area contributed by atoms with E-state index in [-0.39, 0.29) is 11.4 Å².